The third kappa shape index (κ3) is 4.35. The topological polar surface area (TPSA) is 144 Å². The summed E-state index contributed by atoms with van der Waals surface area (Å²) in [5.74, 6) is -0.469. The van der Waals surface area contributed by atoms with Crippen molar-refractivity contribution in [2.24, 2.45) is 0 Å². The first-order chi connectivity index (χ1) is 18.6. The van der Waals surface area contributed by atoms with Gasteiger partial charge in [-0.3, -0.25) is 9.78 Å². The molecular weight excluding hydrogens is 516 g/mol. The summed E-state index contributed by atoms with van der Waals surface area (Å²) in [7, 11) is -3.74. The highest BCUT2D eigenvalue weighted by atomic mass is 32.2. The number of sulfone groups is 1. The number of fused-ring (bicyclic) bond motifs is 3. The van der Waals surface area contributed by atoms with E-state index >= 15 is 0 Å². The molecule has 3 aromatic heterocycles. The molecule has 6 rings (SSSR count). The van der Waals surface area contributed by atoms with Crippen molar-refractivity contribution in [2.45, 2.75) is 61.6 Å². The zero-order valence-corrected chi connectivity index (χ0v) is 22.5. The molecule has 1 aromatic carbocycles. The molecule has 0 spiro atoms. The van der Waals surface area contributed by atoms with Crippen molar-refractivity contribution in [3.8, 4) is 22.4 Å². The second-order valence-corrected chi connectivity index (χ2v) is 12.5. The number of piperidine rings is 1. The van der Waals surface area contributed by atoms with E-state index in [0.717, 1.165) is 35.9 Å². The van der Waals surface area contributed by atoms with Gasteiger partial charge >= 0.3 is 0 Å². The van der Waals surface area contributed by atoms with Crippen LogP contribution in [0.1, 0.15) is 44.2 Å². The molecule has 2 bridgehead atoms. The first-order valence-electron chi connectivity index (χ1n) is 13.0. The van der Waals surface area contributed by atoms with Gasteiger partial charge in [0.1, 0.15) is 16.8 Å². The average molecular weight is 547 g/mol. The number of carbonyl (C=O) groups excluding carboxylic acids is 1. The lowest BCUT2D eigenvalue weighted by atomic mass is 9.87. The van der Waals surface area contributed by atoms with Crippen LogP contribution in [0.4, 0.5) is 5.82 Å². The SMILES string of the molecule is C[C@@H](O)C(=O)N1[C@@H]2CC[C@@H]1CC(c1nc3c(-c4ccc(-c5ccccc5)nc4)cnn3c(N)c1S(C)(=O)=O)C2. The lowest BCUT2D eigenvalue weighted by Gasteiger charge is -2.39. The van der Waals surface area contributed by atoms with Gasteiger partial charge in [-0.25, -0.2) is 13.4 Å². The summed E-state index contributed by atoms with van der Waals surface area (Å²) in [6, 6.07) is 13.6. The Balaban J connectivity index is 1.43. The highest BCUT2D eigenvalue weighted by Crippen LogP contribution is 2.45. The Bertz CT molecular complexity index is 1650. The normalized spacial score (nSPS) is 21.8. The number of aliphatic hydroxyl groups is 1. The fraction of sp³-hybridized carbons (Fsp3) is 0.357. The molecule has 11 heteroatoms. The summed E-state index contributed by atoms with van der Waals surface area (Å²) in [6.45, 7) is 1.48. The zero-order valence-electron chi connectivity index (χ0n) is 21.7. The molecule has 2 saturated heterocycles. The van der Waals surface area contributed by atoms with E-state index in [0.29, 0.717) is 29.7 Å². The van der Waals surface area contributed by atoms with Gasteiger partial charge < -0.3 is 15.7 Å². The molecule has 39 heavy (non-hydrogen) atoms. The lowest BCUT2D eigenvalue weighted by Crippen LogP contribution is -2.49. The smallest absolute Gasteiger partial charge is 0.251 e. The number of nitrogen functional groups attached to an aromatic ring is 1. The Kier molecular flexibility index (Phi) is 6.15. The first-order valence-corrected chi connectivity index (χ1v) is 14.9. The van der Waals surface area contributed by atoms with Crippen molar-refractivity contribution in [3.05, 3.63) is 60.6 Å². The number of benzene rings is 1. The number of aliphatic hydroxyl groups excluding tert-OH is 1. The van der Waals surface area contributed by atoms with Crippen LogP contribution in [-0.4, -0.2) is 68.4 Å². The zero-order chi connectivity index (χ0) is 27.5. The second-order valence-electron chi connectivity index (χ2n) is 10.6. The molecule has 0 radical (unpaired) electrons. The van der Waals surface area contributed by atoms with Crippen LogP contribution in [0.15, 0.2) is 59.8 Å². The van der Waals surface area contributed by atoms with Crippen LogP contribution < -0.4 is 5.73 Å². The molecule has 0 unspecified atom stereocenters. The Morgan fingerprint density at radius 2 is 1.74 bits per heavy atom. The van der Waals surface area contributed by atoms with Crippen LogP contribution >= 0.6 is 0 Å². The molecule has 2 aliphatic rings. The molecule has 3 atom stereocenters. The maximum absolute atomic E-state index is 13.0. The van der Waals surface area contributed by atoms with Crippen LogP contribution in [0.25, 0.3) is 28.0 Å². The van der Waals surface area contributed by atoms with Gasteiger partial charge in [-0.2, -0.15) is 9.61 Å². The highest BCUT2D eigenvalue weighted by molar-refractivity contribution is 7.91. The fourth-order valence-electron chi connectivity index (χ4n) is 6.19. The van der Waals surface area contributed by atoms with E-state index in [-0.39, 0.29) is 34.6 Å². The van der Waals surface area contributed by atoms with Gasteiger partial charge in [-0.15, -0.1) is 0 Å². The Labute approximate surface area is 226 Å². The maximum Gasteiger partial charge on any atom is 0.251 e. The van der Waals surface area contributed by atoms with Gasteiger partial charge in [0.15, 0.2) is 15.5 Å². The lowest BCUT2D eigenvalue weighted by molar-refractivity contribution is -0.144. The van der Waals surface area contributed by atoms with Crippen molar-refractivity contribution in [2.75, 3.05) is 12.0 Å². The molecule has 0 aliphatic carbocycles. The van der Waals surface area contributed by atoms with E-state index in [1.165, 1.54) is 11.4 Å². The summed E-state index contributed by atoms with van der Waals surface area (Å²) in [6.07, 6.45) is 6.16. The molecule has 2 fully saturated rings. The standard InChI is InChI=1S/C28H30N6O4S/c1-16(35)28(36)33-20-9-10-21(33)13-19(12-20)24-25(39(2,37)38)26(29)34-27(32-24)22(15-31-34)18-8-11-23(30-14-18)17-6-4-3-5-7-17/h3-8,11,14-16,19-21,35H,9-10,12-13,29H2,1-2H3/t16-,20-,21-/m1/s1. The number of anilines is 1. The molecular formula is C28H30N6O4S. The number of rotatable bonds is 5. The molecule has 202 valence electrons. The molecule has 0 saturated carbocycles. The monoisotopic (exact) mass is 546 g/mol. The summed E-state index contributed by atoms with van der Waals surface area (Å²) in [5.41, 5.74) is 10.7. The summed E-state index contributed by atoms with van der Waals surface area (Å²) in [4.78, 5) is 24.0. The molecule has 4 aromatic rings. The number of carbonyl (C=O) groups is 1. The maximum atomic E-state index is 13.0. The number of aromatic nitrogens is 4. The molecule has 1 amide bonds. The third-order valence-electron chi connectivity index (χ3n) is 7.91. The van der Waals surface area contributed by atoms with Gasteiger partial charge in [-0.1, -0.05) is 36.4 Å². The van der Waals surface area contributed by atoms with E-state index < -0.39 is 15.9 Å². The van der Waals surface area contributed by atoms with Crippen LogP contribution in [0, 0.1) is 0 Å². The quantitative estimate of drug-likeness (QED) is 0.389. The number of nitrogens with two attached hydrogens (primary N) is 1. The van der Waals surface area contributed by atoms with Gasteiger partial charge in [-0.05, 0) is 38.7 Å². The first kappa shape index (κ1) is 25.4. The average Bonchev–Trinajstić information content (AvgIpc) is 3.46. The van der Waals surface area contributed by atoms with E-state index in [1.807, 2.05) is 42.5 Å². The van der Waals surface area contributed by atoms with Gasteiger partial charge in [0.25, 0.3) is 5.91 Å². The van der Waals surface area contributed by atoms with Crippen LogP contribution in [-0.2, 0) is 14.6 Å². The van der Waals surface area contributed by atoms with Crippen molar-refractivity contribution in [3.63, 3.8) is 0 Å². The fourth-order valence-corrected chi connectivity index (χ4v) is 7.25. The van der Waals surface area contributed by atoms with Crippen LogP contribution in [0.3, 0.4) is 0 Å². The van der Waals surface area contributed by atoms with Crippen LogP contribution in [0.5, 0.6) is 0 Å². The summed E-state index contributed by atoms with van der Waals surface area (Å²) in [5, 5.41) is 14.3. The van der Waals surface area contributed by atoms with E-state index in [1.54, 1.807) is 17.3 Å². The summed E-state index contributed by atoms with van der Waals surface area (Å²) >= 11 is 0. The number of amides is 1. The number of hydrogen-bond donors (Lipinski definition) is 2. The minimum absolute atomic E-state index is 0.0121. The number of hydrogen-bond acceptors (Lipinski definition) is 8. The Morgan fingerprint density at radius 1 is 1.05 bits per heavy atom. The Morgan fingerprint density at radius 3 is 2.33 bits per heavy atom. The van der Waals surface area contributed by atoms with E-state index in [4.69, 9.17) is 10.7 Å². The molecule has 2 aliphatic heterocycles. The van der Waals surface area contributed by atoms with E-state index in [2.05, 4.69) is 10.1 Å². The van der Waals surface area contributed by atoms with Crippen LogP contribution in [0.2, 0.25) is 0 Å². The van der Waals surface area contributed by atoms with Crippen molar-refractivity contribution in [1.82, 2.24) is 24.5 Å². The minimum atomic E-state index is -3.74. The number of nitrogens with zero attached hydrogens (tertiary/aromatic N) is 5. The third-order valence-corrected chi connectivity index (χ3v) is 9.07. The molecule has 5 heterocycles. The molecule has 10 nitrogen and oxygen atoms in total. The second kappa shape index (κ2) is 9.42. The van der Waals surface area contributed by atoms with Crippen molar-refractivity contribution < 1.29 is 18.3 Å². The minimum Gasteiger partial charge on any atom is -0.384 e. The summed E-state index contributed by atoms with van der Waals surface area (Å²) < 4.78 is 27.3. The predicted molar refractivity (Wildman–Crippen MR) is 146 cm³/mol. The van der Waals surface area contributed by atoms with Gasteiger partial charge in [0, 0.05) is 47.1 Å². The van der Waals surface area contributed by atoms with Crippen molar-refractivity contribution in [1.29, 1.82) is 0 Å². The van der Waals surface area contributed by atoms with Gasteiger partial charge in [0.05, 0.1) is 17.6 Å². The molecule has 3 N–H and O–H groups in total. The Hall–Kier alpha value is -3.83. The van der Waals surface area contributed by atoms with Gasteiger partial charge in [0.2, 0.25) is 0 Å². The predicted octanol–water partition coefficient (Wildman–Crippen LogP) is 3.06. The highest BCUT2D eigenvalue weighted by Gasteiger charge is 2.46. The van der Waals surface area contributed by atoms with Crippen molar-refractivity contribution >= 4 is 27.2 Å². The largest absolute Gasteiger partial charge is 0.384 e. The number of pyridine rings is 1. The van der Waals surface area contributed by atoms with E-state index in [9.17, 15) is 18.3 Å².